The first-order valence-corrected chi connectivity index (χ1v) is 9.92. The fraction of sp³-hybridized carbons (Fsp3) is 0.263. The maximum Gasteiger partial charge on any atom is 0.247 e. The van der Waals surface area contributed by atoms with E-state index in [1.54, 1.807) is 48.5 Å². The number of nitrogens with one attached hydrogen (secondary N) is 1. The SMILES string of the molecule is CC(=O)c1cccc(NC(=O)C(C)N(c2ccc(C)cc2)S(C)(=O)=O)c1. The second-order valence-corrected chi connectivity index (χ2v) is 8.06. The van der Waals surface area contributed by atoms with Crippen molar-refractivity contribution in [2.45, 2.75) is 26.8 Å². The first-order valence-electron chi connectivity index (χ1n) is 8.07. The molecule has 0 radical (unpaired) electrons. The van der Waals surface area contributed by atoms with Crippen LogP contribution in [0.15, 0.2) is 48.5 Å². The highest BCUT2D eigenvalue weighted by atomic mass is 32.2. The van der Waals surface area contributed by atoms with Crippen molar-refractivity contribution in [3.05, 3.63) is 59.7 Å². The molecule has 0 aliphatic carbocycles. The number of nitrogens with zero attached hydrogens (tertiary/aromatic N) is 1. The number of aryl methyl sites for hydroxylation is 1. The van der Waals surface area contributed by atoms with E-state index in [9.17, 15) is 18.0 Å². The van der Waals surface area contributed by atoms with Gasteiger partial charge in [-0.1, -0.05) is 29.8 Å². The van der Waals surface area contributed by atoms with E-state index in [4.69, 9.17) is 0 Å². The topological polar surface area (TPSA) is 83.6 Å². The van der Waals surface area contributed by atoms with Gasteiger partial charge in [-0.2, -0.15) is 0 Å². The van der Waals surface area contributed by atoms with E-state index in [1.807, 2.05) is 6.92 Å². The van der Waals surface area contributed by atoms with Crippen LogP contribution in [0.25, 0.3) is 0 Å². The number of ketones is 1. The largest absolute Gasteiger partial charge is 0.324 e. The predicted molar refractivity (Wildman–Crippen MR) is 103 cm³/mol. The van der Waals surface area contributed by atoms with E-state index in [-0.39, 0.29) is 5.78 Å². The van der Waals surface area contributed by atoms with Crippen LogP contribution in [0.2, 0.25) is 0 Å². The van der Waals surface area contributed by atoms with Crippen LogP contribution in [0, 0.1) is 6.92 Å². The molecule has 7 heteroatoms. The lowest BCUT2D eigenvalue weighted by Crippen LogP contribution is -2.45. The molecule has 2 aromatic carbocycles. The van der Waals surface area contributed by atoms with Crippen molar-refractivity contribution in [2.75, 3.05) is 15.9 Å². The molecule has 2 rings (SSSR count). The van der Waals surface area contributed by atoms with E-state index in [1.165, 1.54) is 13.8 Å². The third-order valence-electron chi connectivity index (χ3n) is 3.91. The zero-order valence-electron chi connectivity index (χ0n) is 15.2. The number of anilines is 2. The summed E-state index contributed by atoms with van der Waals surface area (Å²) in [7, 11) is -3.67. The molecule has 0 heterocycles. The standard InChI is InChI=1S/C19H22N2O4S/c1-13-8-10-18(11-9-13)21(26(4,24)25)14(2)19(23)20-17-7-5-6-16(12-17)15(3)22/h5-12,14H,1-4H3,(H,20,23). The minimum atomic E-state index is -3.67. The van der Waals surface area contributed by atoms with Gasteiger partial charge in [0.2, 0.25) is 15.9 Å². The van der Waals surface area contributed by atoms with Gasteiger partial charge in [-0.15, -0.1) is 0 Å². The summed E-state index contributed by atoms with van der Waals surface area (Å²) in [4.78, 5) is 24.1. The second kappa shape index (κ2) is 7.70. The van der Waals surface area contributed by atoms with E-state index < -0.39 is 22.0 Å². The van der Waals surface area contributed by atoms with Gasteiger partial charge in [0.05, 0.1) is 11.9 Å². The smallest absolute Gasteiger partial charge is 0.247 e. The molecule has 1 N–H and O–H groups in total. The van der Waals surface area contributed by atoms with Gasteiger partial charge < -0.3 is 5.32 Å². The van der Waals surface area contributed by atoms with Gasteiger partial charge >= 0.3 is 0 Å². The lowest BCUT2D eigenvalue weighted by atomic mass is 10.1. The average Bonchev–Trinajstić information content (AvgIpc) is 2.55. The van der Waals surface area contributed by atoms with Gasteiger partial charge in [0.15, 0.2) is 5.78 Å². The lowest BCUT2D eigenvalue weighted by molar-refractivity contribution is -0.116. The maximum absolute atomic E-state index is 12.6. The number of amides is 1. The molecule has 0 aromatic heterocycles. The summed E-state index contributed by atoms with van der Waals surface area (Å²) in [5.41, 5.74) is 2.31. The molecule has 0 fully saturated rings. The molecule has 26 heavy (non-hydrogen) atoms. The highest BCUT2D eigenvalue weighted by Gasteiger charge is 2.29. The van der Waals surface area contributed by atoms with Gasteiger partial charge in [-0.25, -0.2) is 8.42 Å². The molecule has 1 amide bonds. The van der Waals surface area contributed by atoms with Crippen molar-refractivity contribution < 1.29 is 18.0 Å². The summed E-state index contributed by atoms with van der Waals surface area (Å²) in [6.07, 6.45) is 1.06. The Kier molecular flexibility index (Phi) is 5.82. The highest BCUT2D eigenvalue weighted by Crippen LogP contribution is 2.22. The number of sulfonamides is 1. The van der Waals surface area contributed by atoms with Crippen LogP contribution >= 0.6 is 0 Å². The predicted octanol–water partition coefficient (Wildman–Crippen LogP) is 2.99. The summed E-state index contributed by atoms with van der Waals surface area (Å²) in [5, 5.41) is 2.67. The molecule has 0 spiro atoms. The quantitative estimate of drug-likeness (QED) is 0.788. The Labute approximate surface area is 153 Å². The van der Waals surface area contributed by atoms with Crippen molar-refractivity contribution in [3.63, 3.8) is 0 Å². The number of carbonyl (C=O) groups excluding carboxylic acids is 2. The van der Waals surface area contributed by atoms with Crippen LogP contribution in [-0.2, 0) is 14.8 Å². The normalized spacial score (nSPS) is 12.3. The van der Waals surface area contributed by atoms with E-state index in [0.717, 1.165) is 16.1 Å². The van der Waals surface area contributed by atoms with Gasteiger partial charge in [0.25, 0.3) is 0 Å². The summed E-state index contributed by atoms with van der Waals surface area (Å²) in [6, 6.07) is 12.4. The first-order chi connectivity index (χ1) is 12.1. The molecule has 0 bridgehead atoms. The number of hydrogen-bond acceptors (Lipinski definition) is 4. The van der Waals surface area contributed by atoms with E-state index in [0.29, 0.717) is 16.9 Å². The van der Waals surface area contributed by atoms with E-state index in [2.05, 4.69) is 5.32 Å². The zero-order valence-corrected chi connectivity index (χ0v) is 16.0. The highest BCUT2D eigenvalue weighted by molar-refractivity contribution is 7.92. The molecule has 1 unspecified atom stereocenters. The maximum atomic E-state index is 12.6. The molecular formula is C19H22N2O4S. The molecule has 0 saturated heterocycles. The summed E-state index contributed by atoms with van der Waals surface area (Å²) < 4.78 is 25.6. The van der Waals surface area contributed by atoms with Crippen molar-refractivity contribution >= 4 is 33.1 Å². The summed E-state index contributed by atoms with van der Waals surface area (Å²) >= 11 is 0. The third-order valence-corrected chi connectivity index (χ3v) is 5.16. The average molecular weight is 374 g/mol. The molecule has 1 atom stereocenters. The van der Waals surface area contributed by atoms with Gasteiger partial charge in [-0.3, -0.25) is 13.9 Å². The third kappa shape index (κ3) is 4.70. The molecule has 0 aliphatic heterocycles. The molecule has 0 aliphatic rings. The fourth-order valence-electron chi connectivity index (χ4n) is 2.56. The minimum Gasteiger partial charge on any atom is -0.324 e. The molecule has 138 valence electrons. The Bertz CT molecular complexity index is 921. The first kappa shape index (κ1) is 19.7. The number of Topliss-reactive ketones (excluding diaryl/α,β-unsaturated/α-hetero) is 1. The molecule has 2 aromatic rings. The van der Waals surface area contributed by atoms with Gasteiger partial charge in [0.1, 0.15) is 6.04 Å². The van der Waals surface area contributed by atoms with Crippen LogP contribution in [0.4, 0.5) is 11.4 Å². The van der Waals surface area contributed by atoms with Crippen LogP contribution in [-0.4, -0.2) is 32.4 Å². The summed E-state index contributed by atoms with van der Waals surface area (Å²) in [6.45, 7) is 4.85. The monoisotopic (exact) mass is 374 g/mol. The zero-order chi connectivity index (χ0) is 19.5. The number of benzene rings is 2. The van der Waals surface area contributed by atoms with Crippen LogP contribution in [0.5, 0.6) is 0 Å². The van der Waals surface area contributed by atoms with Gasteiger partial charge in [-0.05, 0) is 45.0 Å². The van der Waals surface area contributed by atoms with Crippen LogP contribution < -0.4 is 9.62 Å². The Morgan fingerprint density at radius 1 is 1.08 bits per heavy atom. The van der Waals surface area contributed by atoms with Crippen LogP contribution in [0.3, 0.4) is 0 Å². The van der Waals surface area contributed by atoms with Gasteiger partial charge in [0, 0.05) is 11.3 Å². The lowest BCUT2D eigenvalue weighted by Gasteiger charge is -2.28. The molecule has 0 saturated carbocycles. The van der Waals surface area contributed by atoms with Crippen molar-refractivity contribution in [1.82, 2.24) is 0 Å². The van der Waals surface area contributed by atoms with Crippen molar-refractivity contribution in [2.24, 2.45) is 0 Å². The number of hydrogen-bond donors (Lipinski definition) is 1. The number of rotatable bonds is 6. The van der Waals surface area contributed by atoms with Crippen molar-refractivity contribution in [3.8, 4) is 0 Å². The minimum absolute atomic E-state index is 0.119. The summed E-state index contributed by atoms with van der Waals surface area (Å²) in [5.74, 6) is -0.608. The molecular weight excluding hydrogens is 352 g/mol. The Hall–Kier alpha value is -2.67. The molecule has 6 nitrogen and oxygen atoms in total. The van der Waals surface area contributed by atoms with Crippen molar-refractivity contribution in [1.29, 1.82) is 0 Å². The van der Waals surface area contributed by atoms with Crippen LogP contribution in [0.1, 0.15) is 29.8 Å². The Morgan fingerprint density at radius 2 is 1.69 bits per heavy atom. The van der Waals surface area contributed by atoms with E-state index >= 15 is 0 Å². The fourth-order valence-corrected chi connectivity index (χ4v) is 3.74. The number of carbonyl (C=O) groups is 2. The Morgan fingerprint density at radius 3 is 2.23 bits per heavy atom. The second-order valence-electron chi connectivity index (χ2n) is 6.20. The Balaban J connectivity index is 2.29.